The number of likely N-dealkylation sites (tertiary alicyclic amines) is 1. The Kier molecular flexibility index (Phi) is 9.02. The molecule has 0 atom stereocenters. The maximum absolute atomic E-state index is 13.9. The van der Waals surface area contributed by atoms with Crippen LogP contribution in [-0.2, 0) is 17.8 Å². The Morgan fingerprint density at radius 1 is 1.00 bits per heavy atom. The van der Waals surface area contributed by atoms with E-state index < -0.39 is 47.2 Å². The number of hydrogen-bond donors (Lipinski definition) is 1. The van der Waals surface area contributed by atoms with Crippen LogP contribution in [0.2, 0.25) is 0 Å². The number of thiazole rings is 1. The number of piperidine rings is 1. The Labute approximate surface area is 192 Å². The van der Waals surface area contributed by atoms with Crippen LogP contribution in [0.4, 0.5) is 27.8 Å². The van der Waals surface area contributed by atoms with Gasteiger partial charge in [0.2, 0.25) is 34.8 Å². The van der Waals surface area contributed by atoms with E-state index in [0.29, 0.717) is 23.8 Å². The maximum atomic E-state index is 13.9. The Morgan fingerprint density at radius 3 is 2.27 bits per heavy atom. The lowest BCUT2D eigenvalue weighted by Crippen LogP contribution is -2.29. The van der Waals surface area contributed by atoms with Crippen LogP contribution in [0.25, 0.3) is 0 Å². The zero-order valence-electron chi connectivity index (χ0n) is 18.3. The Morgan fingerprint density at radius 2 is 1.64 bits per heavy atom. The summed E-state index contributed by atoms with van der Waals surface area (Å²) in [4.78, 5) is 19.7. The highest BCUT2D eigenvalue weighted by atomic mass is 32.1. The van der Waals surface area contributed by atoms with E-state index in [4.69, 9.17) is 0 Å². The van der Waals surface area contributed by atoms with Crippen molar-refractivity contribution in [2.45, 2.75) is 58.4 Å². The number of rotatable bonds is 10. The highest BCUT2D eigenvalue weighted by Crippen LogP contribution is 2.31. The van der Waals surface area contributed by atoms with E-state index >= 15 is 0 Å². The van der Waals surface area contributed by atoms with Crippen LogP contribution in [-0.4, -0.2) is 35.5 Å². The molecule has 0 unspecified atom stereocenters. The second kappa shape index (κ2) is 11.7. The highest BCUT2D eigenvalue weighted by molar-refractivity contribution is 7.12. The van der Waals surface area contributed by atoms with Gasteiger partial charge < -0.3 is 10.1 Å². The number of halogens is 5. The van der Waals surface area contributed by atoms with Gasteiger partial charge >= 0.3 is 5.97 Å². The first-order valence-electron chi connectivity index (χ1n) is 11.0. The van der Waals surface area contributed by atoms with Crippen LogP contribution in [0, 0.1) is 29.1 Å². The molecule has 1 fully saturated rings. The molecule has 5 nitrogen and oxygen atoms in total. The summed E-state index contributed by atoms with van der Waals surface area (Å²) in [6, 6.07) is 0. The standard InChI is InChI=1S/C22H26F5N3O2S/c1-2-3-5-8-28-22-13(33-14(29-22)12-30-9-6-4-7-10-30)11-15(31)32-21-19(26)17(24)16(23)18(25)20(21)27/h28H,2-12H2,1H3. The third-order valence-corrected chi connectivity index (χ3v) is 6.35. The number of ether oxygens (including phenoxy) is 1. The third-order valence-electron chi connectivity index (χ3n) is 5.31. The zero-order chi connectivity index (χ0) is 24.0. The molecule has 0 amide bonds. The third kappa shape index (κ3) is 6.41. The fourth-order valence-electron chi connectivity index (χ4n) is 3.57. The Hall–Kier alpha value is -2.27. The van der Waals surface area contributed by atoms with Crippen molar-refractivity contribution in [3.63, 3.8) is 0 Å². The summed E-state index contributed by atoms with van der Waals surface area (Å²) in [7, 11) is 0. The van der Waals surface area contributed by atoms with E-state index in [1.807, 2.05) is 0 Å². The van der Waals surface area contributed by atoms with Gasteiger partial charge in [-0.2, -0.15) is 8.78 Å². The summed E-state index contributed by atoms with van der Waals surface area (Å²) >= 11 is 1.26. The second-order valence-electron chi connectivity index (χ2n) is 7.90. The van der Waals surface area contributed by atoms with Crippen molar-refractivity contribution in [1.82, 2.24) is 9.88 Å². The summed E-state index contributed by atoms with van der Waals surface area (Å²) in [5.74, 6) is -13.3. The number of hydrogen-bond acceptors (Lipinski definition) is 6. The van der Waals surface area contributed by atoms with Gasteiger partial charge in [-0.1, -0.05) is 26.2 Å². The van der Waals surface area contributed by atoms with Gasteiger partial charge in [-0.15, -0.1) is 11.3 Å². The first-order valence-corrected chi connectivity index (χ1v) is 11.8. The lowest BCUT2D eigenvalue weighted by atomic mass is 10.1. The molecule has 2 aromatic rings. The molecule has 1 aromatic carbocycles. The minimum absolute atomic E-state index is 0.423. The normalized spacial score (nSPS) is 14.5. The minimum Gasteiger partial charge on any atom is -0.420 e. The topological polar surface area (TPSA) is 54.5 Å². The number of esters is 1. The molecule has 2 heterocycles. The monoisotopic (exact) mass is 491 g/mol. The van der Waals surface area contributed by atoms with E-state index in [1.54, 1.807) is 0 Å². The Balaban J connectivity index is 1.75. The smallest absolute Gasteiger partial charge is 0.316 e. The van der Waals surface area contributed by atoms with Gasteiger partial charge in [0.1, 0.15) is 10.8 Å². The molecule has 182 valence electrons. The molecular formula is C22H26F5N3O2S. The molecule has 0 aliphatic carbocycles. The van der Waals surface area contributed by atoms with Gasteiger partial charge in [0.15, 0.2) is 0 Å². The average Bonchev–Trinajstić information content (AvgIpc) is 3.18. The SMILES string of the molecule is CCCCCNc1nc(CN2CCCCC2)sc1CC(=O)Oc1c(F)c(F)c(F)c(F)c1F. The lowest BCUT2D eigenvalue weighted by molar-refractivity contribution is -0.134. The lowest BCUT2D eigenvalue weighted by Gasteiger charge is -2.25. The fraction of sp³-hybridized carbons (Fsp3) is 0.545. The van der Waals surface area contributed by atoms with Gasteiger partial charge in [-0.05, 0) is 32.4 Å². The number of carbonyl (C=O) groups is 1. The molecule has 11 heteroatoms. The van der Waals surface area contributed by atoms with Gasteiger partial charge in [0.05, 0.1) is 17.8 Å². The van der Waals surface area contributed by atoms with Crippen LogP contribution in [0.1, 0.15) is 55.3 Å². The first kappa shape index (κ1) is 25.4. The van der Waals surface area contributed by atoms with Crippen molar-refractivity contribution in [3.8, 4) is 5.75 Å². The molecule has 1 aliphatic heterocycles. The van der Waals surface area contributed by atoms with Crippen molar-refractivity contribution >= 4 is 23.1 Å². The van der Waals surface area contributed by atoms with E-state index in [1.165, 1.54) is 17.8 Å². The predicted octanol–water partition coefficient (Wildman–Crippen LogP) is 5.57. The van der Waals surface area contributed by atoms with Gasteiger partial charge in [-0.25, -0.2) is 18.2 Å². The molecule has 1 aliphatic rings. The van der Waals surface area contributed by atoms with Crippen LogP contribution < -0.4 is 10.1 Å². The molecular weight excluding hydrogens is 465 g/mol. The molecule has 0 radical (unpaired) electrons. The van der Waals surface area contributed by atoms with Crippen LogP contribution >= 0.6 is 11.3 Å². The summed E-state index contributed by atoms with van der Waals surface area (Å²) in [5, 5.41) is 3.95. The van der Waals surface area contributed by atoms with Crippen molar-refractivity contribution in [2.75, 3.05) is 25.0 Å². The van der Waals surface area contributed by atoms with E-state index in [2.05, 4.69) is 26.9 Å². The maximum Gasteiger partial charge on any atom is 0.316 e. The summed E-state index contributed by atoms with van der Waals surface area (Å²) in [6.45, 7) is 5.22. The highest BCUT2D eigenvalue weighted by Gasteiger charge is 2.29. The number of aromatic nitrogens is 1. The number of carbonyl (C=O) groups excluding carboxylic acids is 1. The summed E-state index contributed by atoms with van der Waals surface area (Å²) in [6.07, 6.45) is 5.91. The molecule has 1 saturated heterocycles. The molecule has 0 saturated carbocycles. The van der Waals surface area contributed by atoms with E-state index in [9.17, 15) is 26.7 Å². The second-order valence-corrected chi connectivity index (χ2v) is 9.07. The van der Waals surface area contributed by atoms with E-state index in [-0.39, 0.29) is 0 Å². The van der Waals surface area contributed by atoms with E-state index in [0.717, 1.165) is 50.2 Å². The molecule has 0 spiro atoms. The number of unbranched alkanes of at least 4 members (excludes halogenated alkanes) is 2. The van der Waals surface area contributed by atoms with Crippen LogP contribution in [0.15, 0.2) is 0 Å². The molecule has 1 aromatic heterocycles. The van der Waals surface area contributed by atoms with Gasteiger partial charge in [0.25, 0.3) is 0 Å². The largest absolute Gasteiger partial charge is 0.420 e. The number of benzene rings is 1. The molecule has 0 bridgehead atoms. The first-order chi connectivity index (χ1) is 15.8. The minimum atomic E-state index is -2.31. The molecule has 33 heavy (non-hydrogen) atoms. The summed E-state index contributed by atoms with van der Waals surface area (Å²) in [5.41, 5.74) is 0. The van der Waals surface area contributed by atoms with Crippen molar-refractivity contribution in [1.29, 1.82) is 0 Å². The fourth-order valence-corrected chi connectivity index (χ4v) is 4.64. The number of anilines is 1. The van der Waals surface area contributed by atoms with Gasteiger partial charge in [0, 0.05) is 6.54 Å². The summed E-state index contributed by atoms with van der Waals surface area (Å²) < 4.78 is 72.3. The van der Waals surface area contributed by atoms with Crippen LogP contribution in [0.3, 0.4) is 0 Å². The Bertz CT molecular complexity index is 950. The number of nitrogens with one attached hydrogen (secondary N) is 1. The average molecular weight is 492 g/mol. The van der Waals surface area contributed by atoms with Crippen molar-refractivity contribution < 1.29 is 31.5 Å². The van der Waals surface area contributed by atoms with Gasteiger partial charge in [-0.3, -0.25) is 9.69 Å². The molecule has 3 rings (SSSR count). The van der Waals surface area contributed by atoms with Crippen molar-refractivity contribution in [2.24, 2.45) is 0 Å². The number of nitrogens with zero attached hydrogens (tertiary/aromatic N) is 2. The molecule has 1 N–H and O–H groups in total. The predicted molar refractivity (Wildman–Crippen MR) is 115 cm³/mol. The van der Waals surface area contributed by atoms with Crippen LogP contribution in [0.5, 0.6) is 5.75 Å². The zero-order valence-corrected chi connectivity index (χ0v) is 19.1. The quantitative estimate of drug-likeness (QED) is 0.118. The van der Waals surface area contributed by atoms with Crippen molar-refractivity contribution in [3.05, 3.63) is 39.0 Å².